The van der Waals surface area contributed by atoms with Gasteiger partial charge >= 0.3 is 23.4 Å². The second kappa shape index (κ2) is 6.87. The molecule has 0 aromatic heterocycles. The van der Waals surface area contributed by atoms with E-state index in [4.69, 9.17) is 9.47 Å². The third kappa shape index (κ3) is 3.15. The summed E-state index contributed by atoms with van der Waals surface area (Å²) in [7, 11) is 2.01. The van der Waals surface area contributed by atoms with Crippen molar-refractivity contribution in [1.29, 1.82) is 0 Å². The van der Waals surface area contributed by atoms with Crippen LogP contribution in [-0.4, -0.2) is 63.2 Å². The first-order valence-electron chi connectivity index (χ1n) is 8.08. The summed E-state index contributed by atoms with van der Waals surface area (Å²) < 4.78 is 55.6. The van der Waals surface area contributed by atoms with Crippen molar-refractivity contribution in [3.8, 4) is 5.75 Å². The first-order chi connectivity index (χ1) is 12.7. The number of nitrogens with zero attached hydrogens (tertiary/aromatic N) is 2. The molecule has 0 aliphatic carbocycles. The highest BCUT2D eigenvalue weighted by atomic mass is 19.4. The second-order valence-corrected chi connectivity index (χ2v) is 6.08. The minimum absolute atomic E-state index is 0.0181. The van der Waals surface area contributed by atoms with E-state index in [2.05, 4.69) is 9.57 Å². The third-order valence-corrected chi connectivity index (χ3v) is 4.57. The lowest BCUT2D eigenvalue weighted by atomic mass is 9.96. The molecular weight excluding hydrogens is 373 g/mol. The van der Waals surface area contributed by atoms with Gasteiger partial charge in [-0.3, -0.25) is 0 Å². The van der Waals surface area contributed by atoms with Crippen molar-refractivity contribution < 1.29 is 41.9 Å². The smallest absolute Gasteiger partial charge is 0.439 e. The molecule has 148 valence electrons. The van der Waals surface area contributed by atoms with Crippen LogP contribution in [0.5, 0.6) is 5.75 Å². The van der Waals surface area contributed by atoms with E-state index < -0.39 is 24.2 Å². The largest absolute Gasteiger partial charge is 0.466 e. The summed E-state index contributed by atoms with van der Waals surface area (Å²) in [5.41, 5.74) is -2.74. The predicted octanol–water partition coefficient (Wildman–Crippen LogP) is 1.90. The molecule has 27 heavy (non-hydrogen) atoms. The van der Waals surface area contributed by atoms with Crippen molar-refractivity contribution in [2.75, 3.05) is 45.4 Å². The molecule has 0 N–H and O–H groups in total. The third-order valence-electron chi connectivity index (χ3n) is 4.57. The van der Waals surface area contributed by atoms with Gasteiger partial charge in [0.1, 0.15) is 11.4 Å². The van der Waals surface area contributed by atoms with Gasteiger partial charge in [0.2, 0.25) is 0 Å². The number of methoxy groups -OCH3 is 1. The van der Waals surface area contributed by atoms with Crippen LogP contribution in [-0.2, 0) is 25.5 Å². The maximum absolute atomic E-state index is 13.6. The van der Waals surface area contributed by atoms with Gasteiger partial charge in [-0.1, -0.05) is 0 Å². The number of halogens is 3. The standard InChI is InChI=1S/C16H18F3N2O6/c1-24-14(22)15(16(17,18)19)9-10-7-12(21(23)25-2)11(8-13(10)27-15)20-3-5-26-6-4-20/h7-8H,3-6,9H2,1-2H3/q+1. The Morgan fingerprint density at radius 1 is 1.26 bits per heavy atom. The van der Waals surface area contributed by atoms with E-state index in [1.807, 2.05) is 0 Å². The lowest BCUT2D eigenvalue weighted by Crippen LogP contribution is -2.56. The lowest BCUT2D eigenvalue weighted by molar-refractivity contribution is -0.736. The fourth-order valence-electron chi connectivity index (χ4n) is 3.18. The fourth-order valence-corrected chi connectivity index (χ4v) is 3.18. The molecule has 0 amide bonds. The van der Waals surface area contributed by atoms with Gasteiger partial charge in [-0.25, -0.2) is 9.63 Å². The van der Waals surface area contributed by atoms with Gasteiger partial charge in [-0.05, 0) is 0 Å². The van der Waals surface area contributed by atoms with Crippen molar-refractivity contribution in [3.63, 3.8) is 0 Å². The molecule has 1 unspecified atom stereocenters. The van der Waals surface area contributed by atoms with E-state index in [-0.39, 0.29) is 21.9 Å². The van der Waals surface area contributed by atoms with Crippen LogP contribution in [0, 0.1) is 4.91 Å². The summed E-state index contributed by atoms with van der Waals surface area (Å²) >= 11 is 0. The van der Waals surface area contributed by atoms with Crippen LogP contribution in [0.25, 0.3) is 0 Å². The van der Waals surface area contributed by atoms with Gasteiger partial charge in [-0.15, -0.1) is 0 Å². The Hall–Kier alpha value is -2.56. The molecule has 2 aliphatic rings. The van der Waals surface area contributed by atoms with E-state index in [1.54, 1.807) is 4.90 Å². The summed E-state index contributed by atoms with van der Waals surface area (Å²) in [6.07, 6.45) is -5.80. The summed E-state index contributed by atoms with van der Waals surface area (Å²) in [6, 6.07) is 2.56. The number of rotatable bonds is 4. The number of ether oxygens (including phenoxy) is 3. The number of alkyl halides is 3. The Morgan fingerprint density at radius 3 is 2.48 bits per heavy atom. The number of hydrogen-bond acceptors (Lipinski definition) is 7. The molecule has 0 radical (unpaired) electrons. The fraction of sp³-hybridized carbons (Fsp3) is 0.562. The summed E-state index contributed by atoms with van der Waals surface area (Å²) in [4.78, 5) is 30.7. The molecule has 1 aromatic rings. The second-order valence-electron chi connectivity index (χ2n) is 6.08. The molecule has 2 aliphatic heterocycles. The van der Waals surface area contributed by atoms with Gasteiger partial charge in [0.25, 0.3) is 4.92 Å². The molecule has 1 fully saturated rings. The number of carbonyl (C=O) groups is 1. The molecule has 1 aromatic carbocycles. The van der Waals surface area contributed by atoms with Gasteiger partial charge in [0.05, 0.1) is 25.2 Å². The maximum Gasteiger partial charge on any atom is 0.439 e. The molecule has 0 saturated carbocycles. The topological polar surface area (TPSA) is 77.3 Å². The molecular formula is C16H18F3N2O6+. The van der Waals surface area contributed by atoms with Crippen molar-refractivity contribution in [1.82, 2.24) is 0 Å². The number of morpholine rings is 1. The van der Waals surface area contributed by atoms with Crippen LogP contribution in [0.2, 0.25) is 0 Å². The highest BCUT2D eigenvalue weighted by Gasteiger charge is 2.67. The number of esters is 1. The quantitative estimate of drug-likeness (QED) is 0.573. The first kappa shape index (κ1) is 19.2. The van der Waals surface area contributed by atoms with E-state index >= 15 is 0 Å². The Balaban J connectivity index is 2.08. The molecule has 3 rings (SSSR count). The zero-order chi connectivity index (χ0) is 19.8. The maximum atomic E-state index is 13.6. The number of anilines is 1. The molecule has 1 saturated heterocycles. The Labute approximate surface area is 152 Å². The van der Waals surface area contributed by atoms with Crippen molar-refractivity contribution in [2.45, 2.75) is 18.2 Å². The Bertz CT molecular complexity index is 763. The Morgan fingerprint density at radius 2 is 1.93 bits per heavy atom. The van der Waals surface area contributed by atoms with Crippen LogP contribution in [0.1, 0.15) is 5.56 Å². The molecule has 2 heterocycles. The zero-order valence-electron chi connectivity index (χ0n) is 14.7. The summed E-state index contributed by atoms with van der Waals surface area (Å²) in [6.45, 7) is 1.67. The Kier molecular flexibility index (Phi) is 4.89. The average molecular weight is 391 g/mol. The van der Waals surface area contributed by atoms with E-state index in [0.717, 1.165) is 14.2 Å². The van der Waals surface area contributed by atoms with E-state index in [9.17, 15) is 22.9 Å². The normalized spacial score (nSPS) is 22.0. The lowest BCUT2D eigenvalue weighted by Gasteiger charge is -2.29. The van der Waals surface area contributed by atoms with Crippen LogP contribution >= 0.6 is 0 Å². The van der Waals surface area contributed by atoms with Crippen molar-refractivity contribution in [2.24, 2.45) is 0 Å². The van der Waals surface area contributed by atoms with Crippen LogP contribution in [0.15, 0.2) is 12.1 Å². The highest BCUT2D eigenvalue weighted by molar-refractivity contribution is 5.84. The zero-order valence-corrected chi connectivity index (χ0v) is 14.7. The average Bonchev–Trinajstić information content (AvgIpc) is 3.06. The van der Waals surface area contributed by atoms with Gasteiger partial charge in [-0.2, -0.15) is 13.2 Å². The molecule has 11 heteroatoms. The summed E-state index contributed by atoms with van der Waals surface area (Å²) in [5.74, 6) is -1.68. The number of benzene rings is 1. The minimum Gasteiger partial charge on any atom is -0.466 e. The highest BCUT2D eigenvalue weighted by Crippen LogP contribution is 2.48. The number of fused-ring (bicyclic) bond motifs is 1. The SMILES string of the molecule is COC(=O)C1(C(F)(F)F)Cc2cc([N+](=O)OC)c(N3CCOCC3)cc2O1. The minimum atomic E-state index is -5.00. The summed E-state index contributed by atoms with van der Waals surface area (Å²) in [5, 5.41) is 0. The molecule has 1 atom stereocenters. The van der Waals surface area contributed by atoms with Crippen LogP contribution in [0.4, 0.5) is 24.5 Å². The van der Waals surface area contributed by atoms with Crippen LogP contribution < -0.4 is 9.64 Å². The molecule has 0 bridgehead atoms. The molecule has 8 nitrogen and oxygen atoms in total. The number of hydrogen-bond donors (Lipinski definition) is 0. The van der Waals surface area contributed by atoms with Gasteiger partial charge < -0.3 is 19.1 Å². The van der Waals surface area contributed by atoms with E-state index in [1.165, 1.54) is 12.1 Å². The number of carbonyl (C=O) groups excluding carboxylic acids is 1. The monoisotopic (exact) mass is 391 g/mol. The van der Waals surface area contributed by atoms with Gasteiger partial charge in [0, 0.05) is 37.2 Å². The predicted molar refractivity (Wildman–Crippen MR) is 84.9 cm³/mol. The van der Waals surface area contributed by atoms with Crippen molar-refractivity contribution in [3.05, 3.63) is 22.6 Å². The van der Waals surface area contributed by atoms with Crippen LogP contribution in [0.3, 0.4) is 0 Å². The van der Waals surface area contributed by atoms with Gasteiger partial charge in [0.15, 0.2) is 7.11 Å². The molecule has 0 spiro atoms. The first-order valence-corrected chi connectivity index (χ1v) is 8.08. The van der Waals surface area contributed by atoms with E-state index in [0.29, 0.717) is 32.0 Å². The van der Waals surface area contributed by atoms with Crippen molar-refractivity contribution >= 4 is 17.3 Å².